The summed E-state index contributed by atoms with van der Waals surface area (Å²) in [5, 5.41) is 23.9. The Hall–Kier alpha value is -2.70. The van der Waals surface area contributed by atoms with Gasteiger partial charge < -0.3 is 20.3 Å². The number of nitrogens with one attached hydrogen (secondary N) is 1. The molecule has 0 spiro atoms. The molecule has 6 heteroatoms. The van der Waals surface area contributed by atoms with Gasteiger partial charge in [0.15, 0.2) is 0 Å². The largest absolute Gasteiger partial charge is 0.462 e. The molecule has 3 atom stereocenters. The van der Waals surface area contributed by atoms with Crippen LogP contribution < -0.4 is 5.32 Å². The lowest BCUT2D eigenvalue weighted by molar-refractivity contribution is -0.151. The van der Waals surface area contributed by atoms with Crippen molar-refractivity contribution < 1.29 is 24.5 Å². The van der Waals surface area contributed by atoms with Crippen LogP contribution in [0.15, 0.2) is 72.9 Å². The molecule has 0 bridgehead atoms. The minimum Gasteiger partial charge on any atom is -0.462 e. The molecule has 0 saturated heterocycles. The molecule has 68 heavy (non-hydrogen) atoms. The zero-order chi connectivity index (χ0) is 49.5. The van der Waals surface area contributed by atoms with Crippen molar-refractivity contribution in [2.75, 3.05) is 6.61 Å². The van der Waals surface area contributed by atoms with Crippen molar-refractivity contribution in [3.05, 3.63) is 72.9 Å². The second kappa shape index (κ2) is 55.2. The number of hydrogen-bond donors (Lipinski definition) is 3. The maximum atomic E-state index is 13.3. The van der Waals surface area contributed by atoms with Gasteiger partial charge in [0.25, 0.3) is 0 Å². The minimum atomic E-state index is -0.798. The Bertz CT molecular complexity index is 1250. The van der Waals surface area contributed by atoms with E-state index < -0.39 is 18.2 Å². The lowest BCUT2D eigenvalue weighted by Crippen LogP contribution is -2.46. The van der Waals surface area contributed by atoms with Crippen molar-refractivity contribution >= 4 is 11.9 Å². The van der Waals surface area contributed by atoms with E-state index in [1.54, 1.807) is 0 Å². The summed E-state index contributed by atoms with van der Waals surface area (Å²) < 4.78 is 5.95. The fraction of sp³-hybridized carbons (Fsp3) is 0.774. The quantitative estimate of drug-likeness (QED) is 0.0244. The van der Waals surface area contributed by atoms with Gasteiger partial charge in [0.1, 0.15) is 6.10 Å². The fourth-order valence-electron chi connectivity index (χ4n) is 8.71. The normalized spacial score (nSPS) is 13.7. The second-order valence-electron chi connectivity index (χ2n) is 19.8. The van der Waals surface area contributed by atoms with Crippen molar-refractivity contribution in [2.45, 2.75) is 302 Å². The van der Waals surface area contributed by atoms with E-state index in [1.165, 1.54) is 141 Å². The van der Waals surface area contributed by atoms with Gasteiger partial charge in [-0.1, -0.05) is 267 Å². The molecular weight excluding hydrogens is 839 g/mol. The third-order valence-corrected chi connectivity index (χ3v) is 13.1. The van der Waals surface area contributed by atoms with Crippen LogP contribution in [0.3, 0.4) is 0 Å². The summed E-state index contributed by atoms with van der Waals surface area (Å²) in [7, 11) is 0. The van der Waals surface area contributed by atoms with E-state index in [4.69, 9.17) is 4.74 Å². The average molecular weight is 951 g/mol. The maximum Gasteiger partial charge on any atom is 0.306 e. The van der Waals surface area contributed by atoms with Crippen LogP contribution in [0, 0.1) is 0 Å². The summed E-state index contributed by atoms with van der Waals surface area (Å²) in [6.07, 6.45) is 71.0. The predicted octanol–water partition coefficient (Wildman–Crippen LogP) is 18.1. The van der Waals surface area contributed by atoms with E-state index in [-0.39, 0.29) is 24.9 Å². The summed E-state index contributed by atoms with van der Waals surface area (Å²) in [5.41, 5.74) is 0. The molecule has 0 rings (SSSR count). The molecule has 0 radical (unpaired) electrons. The number of ether oxygens (including phenoxy) is 1. The van der Waals surface area contributed by atoms with Crippen molar-refractivity contribution in [1.29, 1.82) is 0 Å². The Morgan fingerprint density at radius 1 is 0.456 bits per heavy atom. The summed E-state index contributed by atoms with van der Waals surface area (Å²) in [4.78, 5) is 26.3. The lowest BCUT2D eigenvalue weighted by Gasteiger charge is -2.24. The highest BCUT2D eigenvalue weighted by atomic mass is 16.5. The van der Waals surface area contributed by atoms with Gasteiger partial charge in [-0.2, -0.15) is 0 Å². The topological polar surface area (TPSA) is 95.9 Å². The molecule has 0 aromatic heterocycles. The number of unbranched alkanes of at least 4 members (excludes halogenated alkanes) is 31. The third kappa shape index (κ3) is 49.7. The smallest absolute Gasteiger partial charge is 0.306 e. The molecular formula is C62H111NO5. The van der Waals surface area contributed by atoms with Crippen molar-refractivity contribution in [3.63, 3.8) is 0 Å². The van der Waals surface area contributed by atoms with Gasteiger partial charge in [0.05, 0.1) is 25.2 Å². The number of carbonyl (C=O) groups excluding carboxylic acids is 2. The average Bonchev–Trinajstić information content (AvgIpc) is 3.33. The Labute approximate surface area is 421 Å². The Morgan fingerprint density at radius 2 is 0.853 bits per heavy atom. The zero-order valence-electron chi connectivity index (χ0n) is 45.0. The number of aliphatic hydroxyl groups excluding tert-OH is 2. The first-order valence-electron chi connectivity index (χ1n) is 29.2. The summed E-state index contributed by atoms with van der Waals surface area (Å²) in [5.74, 6) is -0.503. The van der Waals surface area contributed by atoms with Crippen LogP contribution in [0.5, 0.6) is 0 Å². The molecule has 3 N–H and O–H groups in total. The highest BCUT2D eigenvalue weighted by molar-refractivity contribution is 5.77. The standard InChI is InChI=1S/C62H111NO5/c1-4-7-10-13-16-19-22-25-28-30-33-35-38-41-44-47-50-53-58(68-62(67)55-52-49-46-43-40-37-32-27-24-21-18-15-12-9-6-3)56-61(66)63-59(57-64)60(65)54-51-48-45-42-39-36-34-31-29-26-23-20-17-14-11-8-5-2/h9,12,15-16,18-19,21,24-25,27-28,32,58-60,64-65H,4-8,10-11,13-14,17,20,22-23,26,29-31,33-57H2,1-3H3,(H,63,66)/b12-9+,18-15+,19-16-,24-21+,28-25-,32-27-. The van der Waals surface area contributed by atoms with Gasteiger partial charge in [-0.25, -0.2) is 0 Å². The number of esters is 1. The highest BCUT2D eigenvalue weighted by Gasteiger charge is 2.24. The van der Waals surface area contributed by atoms with E-state index in [9.17, 15) is 19.8 Å². The molecule has 0 aliphatic rings. The van der Waals surface area contributed by atoms with E-state index in [2.05, 4.69) is 80.8 Å². The first-order chi connectivity index (χ1) is 33.5. The molecule has 1 amide bonds. The molecule has 6 nitrogen and oxygen atoms in total. The minimum absolute atomic E-state index is 0.0607. The number of carbonyl (C=O) groups is 2. The number of amides is 1. The number of rotatable bonds is 52. The fourth-order valence-corrected chi connectivity index (χ4v) is 8.71. The summed E-state index contributed by atoms with van der Waals surface area (Å²) >= 11 is 0. The Kier molecular flexibility index (Phi) is 53.0. The summed E-state index contributed by atoms with van der Waals surface area (Å²) in [6.45, 7) is 6.34. The monoisotopic (exact) mass is 950 g/mol. The predicted molar refractivity (Wildman–Crippen MR) is 296 cm³/mol. The summed E-state index contributed by atoms with van der Waals surface area (Å²) in [6, 6.07) is -0.713. The SMILES string of the molecule is CC/C=C/C=C/C=C/C=C\CCCCCCCC(=O)OC(CCCCCCCCC/C=C\C/C=C\CCCCC)CC(=O)NC(CO)C(O)CCCCCCCCCCCCCCCCCCC. The Morgan fingerprint density at radius 3 is 1.35 bits per heavy atom. The first-order valence-corrected chi connectivity index (χ1v) is 29.2. The molecule has 0 aliphatic carbocycles. The van der Waals surface area contributed by atoms with Crippen LogP contribution in [0.2, 0.25) is 0 Å². The van der Waals surface area contributed by atoms with Crippen molar-refractivity contribution in [2.24, 2.45) is 0 Å². The molecule has 0 aromatic rings. The van der Waals surface area contributed by atoms with Crippen LogP contribution in [0.1, 0.15) is 284 Å². The van der Waals surface area contributed by atoms with Gasteiger partial charge >= 0.3 is 5.97 Å². The molecule has 0 fully saturated rings. The van der Waals surface area contributed by atoms with Gasteiger partial charge in [0.2, 0.25) is 5.91 Å². The molecule has 0 aliphatic heterocycles. The van der Waals surface area contributed by atoms with Crippen LogP contribution in [-0.2, 0) is 14.3 Å². The number of aliphatic hydroxyl groups is 2. The van der Waals surface area contributed by atoms with Crippen LogP contribution >= 0.6 is 0 Å². The first kappa shape index (κ1) is 65.3. The van der Waals surface area contributed by atoms with E-state index in [1.807, 2.05) is 18.2 Å². The van der Waals surface area contributed by atoms with E-state index in [0.717, 1.165) is 96.3 Å². The van der Waals surface area contributed by atoms with Gasteiger partial charge in [0, 0.05) is 6.42 Å². The molecule has 3 unspecified atom stereocenters. The zero-order valence-corrected chi connectivity index (χ0v) is 45.0. The van der Waals surface area contributed by atoms with Gasteiger partial charge in [-0.3, -0.25) is 9.59 Å². The van der Waals surface area contributed by atoms with Crippen molar-refractivity contribution in [1.82, 2.24) is 5.32 Å². The molecule has 394 valence electrons. The van der Waals surface area contributed by atoms with Crippen molar-refractivity contribution in [3.8, 4) is 0 Å². The van der Waals surface area contributed by atoms with Crippen LogP contribution in [0.25, 0.3) is 0 Å². The maximum absolute atomic E-state index is 13.3. The van der Waals surface area contributed by atoms with E-state index >= 15 is 0 Å². The number of allylic oxidation sites excluding steroid dienone is 12. The molecule has 0 heterocycles. The van der Waals surface area contributed by atoms with Crippen LogP contribution in [0.4, 0.5) is 0 Å². The van der Waals surface area contributed by atoms with Crippen LogP contribution in [-0.4, -0.2) is 46.9 Å². The molecule has 0 saturated carbocycles. The van der Waals surface area contributed by atoms with Gasteiger partial charge in [-0.15, -0.1) is 0 Å². The third-order valence-electron chi connectivity index (χ3n) is 13.1. The second-order valence-corrected chi connectivity index (χ2v) is 19.8. The molecule has 0 aromatic carbocycles. The Balaban J connectivity index is 4.59. The van der Waals surface area contributed by atoms with Gasteiger partial charge in [-0.05, 0) is 77.0 Å². The lowest BCUT2D eigenvalue weighted by atomic mass is 10.0. The highest BCUT2D eigenvalue weighted by Crippen LogP contribution is 2.18. The number of hydrogen-bond acceptors (Lipinski definition) is 5. The van der Waals surface area contributed by atoms with E-state index in [0.29, 0.717) is 19.3 Å².